The Labute approximate surface area is 105 Å². The van der Waals surface area contributed by atoms with Crippen molar-refractivity contribution in [3.63, 3.8) is 0 Å². The van der Waals surface area contributed by atoms with Crippen LogP contribution in [0.25, 0.3) is 0 Å². The number of halogens is 1. The summed E-state index contributed by atoms with van der Waals surface area (Å²) in [6, 6.07) is 4.82. The van der Waals surface area contributed by atoms with Gasteiger partial charge in [0.2, 0.25) is 0 Å². The normalized spacial score (nSPS) is 10.6. The first-order chi connectivity index (χ1) is 8.70. The number of aromatic nitrogens is 2. The quantitative estimate of drug-likeness (QED) is 0.884. The summed E-state index contributed by atoms with van der Waals surface area (Å²) < 4.78 is 21.0. The third kappa shape index (κ3) is 2.87. The van der Waals surface area contributed by atoms with Crippen molar-refractivity contribution < 1.29 is 9.13 Å². The van der Waals surface area contributed by atoms with E-state index in [4.69, 9.17) is 4.74 Å². The minimum atomic E-state index is -0.266. The van der Waals surface area contributed by atoms with E-state index in [9.17, 15) is 4.39 Å². The minimum absolute atomic E-state index is 0.266. The highest BCUT2D eigenvalue weighted by Gasteiger charge is 2.10. The van der Waals surface area contributed by atoms with Gasteiger partial charge in [0.1, 0.15) is 11.6 Å². The molecule has 0 aliphatic carbocycles. The fourth-order valence-corrected chi connectivity index (χ4v) is 1.63. The molecule has 0 aliphatic heterocycles. The molecule has 1 N–H and O–H groups in total. The zero-order valence-corrected chi connectivity index (χ0v) is 10.5. The van der Waals surface area contributed by atoms with Crippen LogP contribution in [0.2, 0.25) is 0 Å². The summed E-state index contributed by atoms with van der Waals surface area (Å²) in [4.78, 5) is 0. The lowest BCUT2D eigenvalue weighted by molar-refractivity contribution is 0.462. The fourth-order valence-electron chi connectivity index (χ4n) is 1.63. The van der Waals surface area contributed by atoms with Crippen molar-refractivity contribution in [1.82, 2.24) is 15.1 Å². The van der Waals surface area contributed by atoms with Gasteiger partial charge in [0, 0.05) is 19.2 Å². The van der Waals surface area contributed by atoms with E-state index in [2.05, 4.69) is 10.4 Å². The van der Waals surface area contributed by atoms with Gasteiger partial charge in [-0.25, -0.2) is 4.39 Å². The molecule has 96 valence electrons. The molecule has 0 spiro atoms. The molecular weight excluding hydrogens is 233 g/mol. The van der Waals surface area contributed by atoms with Crippen LogP contribution in [0.1, 0.15) is 12.5 Å². The number of rotatable bonds is 5. The summed E-state index contributed by atoms with van der Waals surface area (Å²) in [5, 5.41) is 7.11. The van der Waals surface area contributed by atoms with Crippen LogP contribution in [0.5, 0.6) is 11.5 Å². The van der Waals surface area contributed by atoms with E-state index in [1.54, 1.807) is 36.3 Å². The molecule has 0 atom stereocenters. The standard InChI is InChI=1S/C13H16FN3O/c1-3-15-8-11-12(14)5-4-6-13(11)18-10-7-16-17(2)9-10/h4-7,9,15H,3,8H2,1-2H3. The van der Waals surface area contributed by atoms with Crippen molar-refractivity contribution in [2.45, 2.75) is 13.5 Å². The maximum Gasteiger partial charge on any atom is 0.165 e. The first-order valence-corrected chi connectivity index (χ1v) is 5.85. The summed E-state index contributed by atoms with van der Waals surface area (Å²) >= 11 is 0. The Morgan fingerprint density at radius 1 is 1.44 bits per heavy atom. The molecule has 0 saturated heterocycles. The van der Waals surface area contributed by atoms with Crippen LogP contribution in [-0.4, -0.2) is 16.3 Å². The lowest BCUT2D eigenvalue weighted by Crippen LogP contribution is -2.13. The molecule has 0 fully saturated rings. The maximum atomic E-state index is 13.7. The number of ether oxygens (including phenoxy) is 1. The molecular formula is C13H16FN3O. The topological polar surface area (TPSA) is 39.1 Å². The number of benzene rings is 1. The highest BCUT2D eigenvalue weighted by Crippen LogP contribution is 2.26. The highest BCUT2D eigenvalue weighted by molar-refractivity contribution is 5.37. The van der Waals surface area contributed by atoms with Gasteiger partial charge in [0.15, 0.2) is 5.75 Å². The van der Waals surface area contributed by atoms with Gasteiger partial charge in [-0.2, -0.15) is 5.10 Å². The van der Waals surface area contributed by atoms with Crippen molar-refractivity contribution in [2.75, 3.05) is 6.54 Å². The van der Waals surface area contributed by atoms with E-state index in [1.807, 2.05) is 6.92 Å². The van der Waals surface area contributed by atoms with E-state index >= 15 is 0 Å². The predicted octanol–water partition coefficient (Wildman–Crippen LogP) is 2.46. The van der Waals surface area contributed by atoms with E-state index < -0.39 is 0 Å². The Morgan fingerprint density at radius 2 is 2.28 bits per heavy atom. The smallest absolute Gasteiger partial charge is 0.165 e. The fraction of sp³-hybridized carbons (Fsp3) is 0.308. The third-order valence-electron chi connectivity index (χ3n) is 2.54. The summed E-state index contributed by atoms with van der Waals surface area (Å²) in [6.07, 6.45) is 3.34. The number of hydrogen-bond acceptors (Lipinski definition) is 3. The SMILES string of the molecule is CCNCc1c(F)cccc1Oc1cnn(C)c1. The lowest BCUT2D eigenvalue weighted by Gasteiger charge is -2.10. The van der Waals surface area contributed by atoms with E-state index in [-0.39, 0.29) is 5.82 Å². The Kier molecular flexibility index (Phi) is 3.94. The Balaban J connectivity index is 2.23. The van der Waals surface area contributed by atoms with Gasteiger partial charge in [0.05, 0.1) is 12.4 Å². The predicted molar refractivity (Wildman–Crippen MR) is 67.1 cm³/mol. The Bertz CT molecular complexity index is 525. The van der Waals surface area contributed by atoms with Gasteiger partial charge in [0.25, 0.3) is 0 Å². The van der Waals surface area contributed by atoms with Gasteiger partial charge in [-0.15, -0.1) is 0 Å². The highest BCUT2D eigenvalue weighted by atomic mass is 19.1. The molecule has 0 radical (unpaired) electrons. The molecule has 2 rings (SSSR count). The van der Waals surface area contributed by atoms with Crippen molar-refractivity contribution in [1.29, 1.82) is 0 Å². The minimum Gasteiger partial charge on any atom is -0.454 e. The van der Waals surface area contributed by atoms with Crippen molar-refractivity contribution in [3.05, 3.63) is 42.0 Å². The second-order valence-electron chi connectivity index (χ2n) is 3.95. The van der Waals surface area contributed by atoms with Gasteiger partial charge in [-0.05, 0) is 18.7 Å². The Hall–Kier alpha value is -1.88. The first-order valence-electron chi connectivity index (χ1n) is 5.85. The molecule has 4 nitrogen and oxygen atoms in total. The average Bonchev–Trinajstić information content (AvgIpc) is 2.74. The second kappa shape index (κ2) is 5.64. The summed E-state index contributed by atoms with van der Waals surface area (Å²) in [5.74, 6) is 0.849. The third-order valence-corrected chi connectivity index (χ3v) is 2.54. The monoisotopic (exact) mass is 249 g/mol. The zero-order chi connectivity index (χ0) is 13.0. The van der Waals surface area contributed by atoms with Crippen molar-refractivity contribution in [2.24, 2.45) is 7.05 Å². The van der Waals surface area contributed by atoms with E-state index in [0.717, 1.165) is 6.54 Å². The van der Waals surface area contributed by atoms with Crippen LogP contribution in [-0.2, 0) is 13.6 Å². The summed E-state index contributed by atoms with van der Waals surface area (Å²) in [5.41, 5.74) is 0.531. The molecule has 0 unspecified atom stereocenters. The molecule has 0 aliphatic rings. The first kappa shape index (κ1) is 12.6. The molecule has 0 amide bonds. The van der Waals surface area contributed by atoms with Crippen LogP contribution >= 0.6 is 0 Å². The van der Waals surface area contributed by atoms with Gasteiger partial charge >= 0.3 is 0 Å². The van der Waals surface area contributed by atoms with E-state index in [1.165, 1.54) is 6.07 Å². The molecule has 0 saturated carbocycles. The Morgan fingerprint density at radius 3 is 2.94 bits per heavy atom. The average molecular weight is 249 g/mol. The van der Waals surface area contributed by atoms with Crippen molar-refractivity contribution >= 4 is 0 Å². The summed E-state index contributed by atoms with van der Waals surface area (Å²) in [7, 11) is 1.80. The van der Waals surface area contributed by atoms with Crippen molar-refractivity contribution in [3.8, 4) is 11.5 Å². The van der Waals surface area contributed by atoms with Crippen LogP contribution < -0.4 is 10.1 Å². The van der Waals surface area contributed by atoms with Crippen LogP contribution in [0.3, 0.4) is 0 Å². The van der Waals surface area contributed by atoms with Crippen LogP contribution in [0, 0.1) is 5.82 Å². The number of aryl methyl sites for hydroxylation is 1. The summed E-state index contributed by atoms with van der Waals surface area (Å²) in [6.45, 7) is 3.20. The van der Waals surface area contributed by atoms with Crippen LogP contribution in [0.15, 0.2) is 30.6 Å². The zero-order valence-electron chi connectivity index (χ0n) is 10.5. The maximum absolute atomic E-state index is 13.7. The van der Waals surface area contributed by atoms with Gasteiger partial charge in [-0.1, -0.05) is 13.0 Å². The molecule has 0 bridgehead atoms. The number of hydrogen-bond donors (Lipinski definition) is 1. The van der Waals surface area contributed by atoms with Crippen LogP contribution in [0.4, 0.5) is 4.39 Å². The largest absolute Gasteiger partial charge is 0.454 e. The molecule has 1 aromatic carbocycles. The lowest BCUT2D eigenvalue weighted by atomic mass is 10.2. The molecule has 18 heavy (non-hydrogen) atoms. The number of nitrogens with zero attached hydrogens (tertiary/aromatic N) is 2. The van der Waals surface area contributed by atoms with E-state index in [0.29, 0.717) is 23.6 Å². The molecule has 1 heterocycles. The molecule has 5 heteroatoms. The molecule has 2 aromatic rings. The number of nitrogens with one attached hydrogen (secondary N) is 1. The van der Waals surface area contributed by atoms with Gasteiger partial charge < -0.3 is 10.1 Å². The van der Waals surface area contributed by atoms with Gasteiger partial charge in [-0.3, -0.25) is 4.68 Å². The second-order valence-corrected chi connectivity index (χ2v) is 3.95. The molecule has 1 aromatic heterocycles.